The molecule has 3 aromatic carbocycles. The van der Waals surface area contributed by atoms with Gasteiger partial charge in [-0.2, -0.15) is 0 Å². The summed E-state index contributed by atoms with van der Waals surface area (Å²) < 4.78 is 0. The summed E-state index contributed by atoms with van der Waals surface area (Å²) in [4.78, 5) is 0. The highest BCUT2D eigenvalue weighted by Crippen LogP contribution is 2.22. The maximum Gasteiger partial charge on any atom is 0.0579 e. The molecule has 0 aliphatic heterocycles. The Morgan fingerprint density at radius 2 is 1.32 bits per heavy atom. The van der Waals surface area contributed by atoms with Gasteiger partial charge in [-0.25, -0.2) is 0 Å². The molecule has 0 unspecified atom stereocenters. The van der Waals surface area contributed by atoms with E-state index in [4.69, 9.17) is 0 Å². The first-order valence-electron chi connectivity index (χ1n) is 7.72. The molecule has 0 aliphatic rings. The largest absolute Gasteiger partial charge is 0.302 e. The van der Waals surface area contributed by atoms with E-state index < -0.39 is 0 Å². The fourth-order valence-electron chi connectivity index (χ4n) is 2.76. The first kappa shape index (κ1) is 14.6. The summed E-state index contributed by atoms with van der Waals surface area (Å²) in [6.45, 7) is 2.99. The number of nitrogens with one attached hydrogen (secondary N) is 1. The fraction of sp³-hybridized carbons (Fsp3) is 0.143. The first-order chi connectivity index (χ1) is 10.8. The first-order valence-corrected chi connectivity index (χ1v) is 7.72. The molecule has 0 aromatic heterocycles. The standard InChI is InChI=1S/C21H21N/c1-17-9-8-10-18(15-17)16-22-21(19-11-4-2-5-12-19)20-13-6-3-7-14-20/h2-15,21-22H,16H2,1H3. The third-order valence-electron chi connectivity index (χ3n) is 3.86. The SMILES string of the molecule is Cc1cccc(CNC(c2ccccc2)c2ccccc2)c1. The molecule has 0 bridgehead atoms. The number of benzene rings is 3. The number of hydrogen-bond acceptors (Lipinski definition) is 1. The van der Waals surface area contributed by atoms with Crippen LogP contribution in [0, 0.1) is 6.92 Å². The van der Waals surface area contributed by atoms with Crippen molar-refractivity contribution >= 4 is 0 Å². The average Bonchev–Trinajstić information content (AvgIpc) is 2.57. The van der Waals surface area contributed by atoms with Gasteiger partial charge >= 0.3 is 0 Å². The molecule has 22 heavy (non-hydrogen) atoms. The third kappa shape index (κ3) is 3.63. The number of aryl methyl sites for hydroxylation is 1. The van der Waals surface area contributed by atoms with E-state index in [-0.39, 0.29) is 6.04 Å². The van der Waals surface area contributed by atoms with E-state index in [2.05, 4.69) is 97.2 Å². The van der Waals surface area contributed by atoms with E-state index in [1.54, 1.807) is 0 Å². The van der Waals surface area contributed by atoms with E-state index >= 15 is 0 Å². The summed E-state index contributed by atoms with van der Waals surface area (Å²) in [5.41, 5.74) is 5.20. The van der Waals surface area contributed by atoms with Crippen LogP contribution in [0.25, 0.3) is 0 Å². The van der Waals surface area contributed by atoms with E-state index in [0.29, 0.717) is 0 Å². The van der Waals surface area contributed by atoms with Crippen LogP contribution >= 0.6 is 0 Å². The normalized spacial score (nSPS) is 10.8. The van der Waals surface area contributed by atoms with Crippen molar-refractivity contribution in [3.05, 3.63) is 107 Å². The van der Waals surface area contributed by atoms with Gasteiger partial charge in [-0.1, -0.05) is 90.5 Å². The van der Waals surface area contributed by atoms with Crippen LogP contribution in [0.15, 0.2) is 84.9 Å². The molecule has 0 spiro atoms. The molecule has 1 N–H and O–H groups in total. The highest BCUT2D eigenvalue weighted by atomic mass is 14.9. The minimum absolute atomic E-state index is 0.211. The van der Waals surface area contributed by atoms with Crippen molar-refractivity contribution in [1.29, 1.82) is 0 Å². The fourth-order valence-corrected chi connectivity index (χ4v) is 2.76. The highest BCUT2D eigenvalue weighted by Gasteiger charge is 2.12. The Kier molecular flexibility index (Phi) is 4.67. The van der Waals surface area contributed by atoms with Crippen molar-refractivity contribution in [1.82, 2.24) is 5.32 Å². The molecular formula is C21H21N. The van der Waals surface area contributed by atoms with Gasteiger partial charge in [0, 0.05) is 6.54 Å². The zero-order valence-electron chi connectivity index (χ0n) is 12.9. The van der Waals surface area contributed by atoms with Gasteiger partial charge in [-0.05, 0) is 23.6 Å². The van der Waals surface area contributed by atoms with Crippen molar-refractivity contribution in [2.24, 2.45) is 0 Å². The zero-order valence-corrected chi connectivity index (χ0v) is 12.9. The lowest BCUT2D eigenvalue weighted by Gasteiger charge is -2.20. The van der Waals surface area contributed by atoms with Crippen molar-refractivity contribution in [3.8, 4) is 0 Å². The maximum absolute atomic E-state index is 3.70. The topological polar surface area (TPSA) is 12.0 Å². The molecule has 0 aliphatic carbocycles. The predicted molar refractivity (Wildman–Crippen MR) is 92.7 cm³/mol. The molecule has 0 amide bonds. The van der Waals surface area contributed by atoms with Crippen LogP contribution in [-0.4, -0.2) is 0 Å². The van der Waals surface area contributed by atoms with Crippen LogP contribution in [0.3, 0.4) is 0 Å². The minimum atomic E-state index is 0.211. The molecule has 110 valence electrons. The molecule has 0 saturated heterocycles. The second-order valence-electron chi connectivity index (χ2n) is 5.62. The molecule has 1 heteroatoms. The predicted octanol–water partition coefficient (Wildman–Crippen LogP) is 4.87. The average molecular weight is 287 g/mol. The van der Waals surface area contributed by atoms with Gasteiger partial charge in [-0.3, -0.25) is 0 Å². The van der Waals surface area contributed by atoms with Crippen LogP contribution in [0.5, 0.6) is 0 Å². The van der Waals surface area contributed by atoms with Crippen LogP contribution in [-0.2, 0) is 6.54 Å². The van der Waals surface area contributed by atoms with E-state index in [0.717, 1.165) is 6.54 Å². The molecule has 0 radical (unpaired) electrons. The Morgan fingerprint density at radius 1 is 0.727 bits per heavy atom. The zero-order chi connectivity index (χ0) is 15.2. The Morgan fingerprint density at radius 3 is 1.86 bits per heavy atom. The van der Waals surface area contributed by atoms with Gasteiger partial charge in [0.15, 0.2) is 0 Å². The van der Waals surface area contributed by atoms with Gasteiger partial charge in [0.25, 0.3) is 0 Å². The Balaban J connectivity index is 1.83. The summed E-state index contributed by atoms with van der Waals surface area (Å²) >= 11 is 0. The quantitative estimate of drug-likeness (QED) is 0.705. The Labute approximate surface area is 132 Å². The Hall–Kier alpha value is -2.38. The smallest absolute Gasteiger partial charge is 0.0579 e. The van der Waals surface area contributed by atoms with E-state index in [1.165, 1.54) is 22.3 Å². The minimum Gasteiger partial charge on any atom is -0.302 e. The summed E-state index contributed by atoms with van der Waals surface area (Å²) in [6.07, 6.45) is 0. The summed E-state index contributed by atoms with van der Waals surface area (Å²) in [7, 11) is 0. The Bertz CT molecular complexity index is 665. The highest BCUT2D eigenvalue weighted by molar-refractivity contribution is 5.32. The van der Waals surface area contributed by atoms with Crippen LogP contribution < -0.4 is 5.32 Å². The lowest BCUT2D eigenvalue weighted by molar-refractivity contribution is 0.605. The van der Waals surface area contributed by atoms with Crippen molar-refractivity contribution in [3.63, 3.8) is 0 Å². The van der Waals surface area contributed by atoms with Gasteiger partial charge in [0.2, 0.25) is 0 Å². The monoisotopic (exact) mass is 287 g/mol. The second kappa shape index (κ2) is 7.06. The summed E-state index contributed by atoms with van der Waals surface area (Å²) in [6, 6.07) is 30.1. The molecular weight excluding hydrogens is 266 g/mol. The van der Waals surface area contributed by atoms with E-state index in [1.807, 2.05) is 0 Å². The lowest BCUT2D eigenvalue weighted by atomic mass is 9.98. The number of hydrogen-bond donors (Lipinski definition) is 1. The van der Waals surface area contributed by atoms with Gasteiger partial charge < -0.3 is 5.32 Å². The molecule has 0 heterocycles. The van der Waals surface area contributed by atoms with Crippen LogP contribution in [0.2, 0.25) is 0 Å². The molecule has 1 nitrogen and oxygen atoms in total. The molecule has 0 fully saturated rings. The maximum atomic E-state index is 3.70. The molecule has 0 atom stereocenters. The van der Waals surface area contributed by atoms with Gasteiger partial charge in [0.05, 0.1) is 6.04 Å². The third-order valence-corrected chi connectivity index (χ3v) is 3.86. The summed E-state index contributed by atoms with van der Waals surface area (Å²) in [5.74, 6) is 0. The van der Waals surface area contributed by atoms with Crippen LogP contribution in [0.1, 0.15) is 28.3 Å². The van der Waals surface area contributed by atoms with Gasteiger partial charge in [0.1, 0.15) is 0 Å². The van der Waals surface area contributed by atoms with Crippen LogP contribution in [0.4, 0.5) is 0 Å². The lowest BCUT2D eigenvalue weighted by Crippen LogP contribution is -2.22. The number of rotatable bonds is 5. The molecule has 3 aromatic rings. The van der Waals surface area contributed by atoms with Crippen molar-refractivity contribution in [2.45, 2.75) is 19.5 Å². The second-order valence-corrected chi connectivity index (χ2v) is 5.62. The molecule has 3 rings (SSSR count). The summed E-state index contributed by atoms with van der Waals surface area (Å²) in [5, 5.41) is 3.70. The van der Waals surface area contributed by atoms with Gasteiger partial charge in [-0.15, -0.1) is 0 Å². The van der Waals surface area contributed by atoms with Crippen molar-refractivity contribution in [2.75, 3.05) is 0 Å². The van der Waals surface area contributed by atoms with Crippen molar-refractivity contribution < 1.29 is 0 Å². The molecule has 0 saturated carbocycles. The van der Waals surface area contributed by atoms with E-state index in [9.17, 15) is 0 Å².